The topological polar surface area (TPSA) is 166 Å². The van der Waals surface area contributed by atoms with Gasteiger partial charge in [-0.15, -0.1) is 0 Å². The molecule has 0 unspecified atom stereocenters. The van der Waals surface area contributed by atoms with Gasteiger partial charge >= 0.3 is 18.2 Å². The van der Waals surface area contributed by atoms with E-state index in [1.165, 1.54) is 6.20 Å². The first-order valence-corrected chi connectivity index (χ1v) is 13.5. The van der Waals surface area contributed by atoms with Gasteiger partial charge in [0.2, 0.25) is 0 Å². The second-order valence-corrected chi connectivity index (χ2v) is 10.6. The fourth-order valence-corrected chi connectivity index (χ4v) is 4.62. The van der Waals surface area contributed by atoms with E-state index in [4.69, 9.17) is 5.73 Å². The highest BCUT2D eigenvalue weighted by molar-refractivity contribution is 6.10. The van der Waals surface area contributed by atoms with Crippen molar-refractivity contribution in [2.75, 3.05) is 31.5 Å². The lowest BCUT2D eigenvalue weighted by molar-refractivity contribution is -0.122. The number of nitrogens with one attached hydrogen (secondary N) is 3. The van der Waals surface area contributed by atoms with Crippen LogP contribution in [0.5, 0.6) is 0 Å². The molecule has 2 fully saturated rings. The molecular weight excluding hydrogens is 565 g/mol. The molecule has 4 amide bonds. The summed E-state index contributed by atoms with van der Waals surface area (Å²) >= 11 is 0. The van der Waals surface area contributed by atoms with Crippen LogP contribution in [0.25, 0.3) is 22.5 Å². The second-order valence-electron chi connectivity index (χ2n) is 10.6. The number of imidazole rings is 1. The maximum absolute atomic E-state index is 12.4. The number of nitriles is 1. The molecule has 3 heterocycles. The third-order valence-electron chi connectivity index (χ3n) is 7.12. The predicted octanol–water partition coefficient (Wildman–Crippen LogP) is 3.54. The first-order chi connectivity index (χ1) is 20.6. The van der Waals surface area contributed by atoms with Gasteiger partial charge in [-0.1, -0.05) is 12.1 Å². The zero-order chi connectivity index (χ0) is 30.6. The molecule has 1 saturated heterocycles. The average Bonchev–Trinajstić information content (AvgIpc) is 3.69. The molecule has 1 aliphatic heterocycles. The molecule has 1 saturated carbocycles. The smallest absolute Gasteiger partial charge is 0.404 e. The van der Waals surface area contributed by atoms with Gasteiger partial charge in [-0.25, -0.2) is 19.1 Å². The summed E-state index contributed by atoms with van der Waals surface area (Å²) in [4.78, 5) is 35.0. The molecule has 5 N–H and O–H groups in total. The number of aliphatic imine (C=N–C) groups is 1. The Balaban J connectivity index is 1.27. The zero-order valence-electron chi connectivity index (χ0n) is 22.9. The van der Waals surface area contributed by atoms with Gasteiger partial charge in [0.15, 0.2) is 5.65 Å². The van der Waals surface area contributed by atoms with Crippen LogP contribution in [0.1, 0.15) is 24.8 Å². The number of carbonyl (C=O) groups is 2. The molecule has 0 atom stereocenters. The molecule has 1 aromatic carbocycles. The number of nitrogens with two attached hydrogens (primary N) is 1. The van der Waals surface area contributed by atoms with Crippen LogP contribution in [-0.4, -0.2) is 75.7 Å². The van der Waals surface area contributed by atoms with Crippen LogP contribution in [0.3, 0.4) is 0 Å². The van der Waals surface area contributed by atoms with Crippen molar-refractivity contribution in [3.63, 3.8) is 0 Å². The van der Waals surface area contributed by atoms with Crippen LogP contribution in [0.15, 0.2) is 53.9 Å². The lowest BCUT2D eigenvalue weighted by atomic mass is 9.87. The zero-order valence-corrected chi connectivity index (χ0v) is 22.9. The van der Waals surface area contributed by atoms with Crippen LogP contribution >= 0.6 is 0 Å². The predicted molar refractivity (Wildman–Crippen MR) is 153 cm³/mol. The number of hydrogen-bond acceptors (Lipinski definition) is 7. The first kappa shape index (κ1) is 29.4. The molecule has 43 heavy (non-hydrogen) atoms. The maximum atomic E-state index is 12.4. The van der Waals surface area contributed by atoms with E-state index in [0.717, 1.165) is 12.8 Å². The summed E-state index contributed by atoms with van der Waals surface area (Å²) in [5.41, 5.74) is 8.32. The Kier molecular flexibility index (Phi) is 8.20. The lowest BCUT2D eigenvalue weighted by Crippen LogP contribution is -2.64. The van der Waals surface area contributed by atoms with E-state index in [1.54, 1.807) is 63.7 Å². The average molecular weight is 595 g/mol. The normalized spacial score (nSPS) is 16.5. The fraction of sp³-hybridized carbons (Fsp3) is 0.357. The number of likely N-dealkylation sites (tertiary alicyclic amines) is 1. The van der Waals surface area contributed by atoms with Crippen molar-refractivity contribution in [3.8, 4) is 17.3 Å². The lowest BCUT2D eigenvalue weighted by Gasteiger charge is -2.46. The van der Waals surface area contributed by atoms with Gasteiger partial charge < -0.3 is 26.6 Å². The molecule has 224 valence electrons. The van der Waals surface area contributed by atoms with Gasteiger partial charge in [0.05, 0.1) is 43.7 Å². The molecule has 0 bridgehead atoms. The Labute approximate surface area is 244 Å². The molecule has 5 rings (SSSR count). The Morgan fingerprint density at radius 2 is 2.00 bits per heavy atom. The minimum atomic E-state index is -4.52. The van der Waals surface area contributed by atoms with Crippen LogP contribution in [-0.2, 0) is 0 Å². The van der Waals surface area contributed by atoms with Crippen LogP contribution in [0.2, 0.25) is 0 Å². The molecule has 12 nitrogen and oxygen atoms in total. The SMILES string of the molecule is N#CCC1(N=CC(=CN)c2cnn3c(-c4cccc(NC(=O)NCC(F)(F)F)c4)cnc3c2)CN(C(=O)NCC2CC2)C1. The molecule has 0 spiro atoms. The number of amides is 4. The number of rotatable bonds is 9. The number of benzene rings is 1. The maximum Gasteiger partial charge on any atom is 0.405 e. The largest absolute Gasteiger partial charge is 0.405 e. The molecule has 2 aromatic heterocycles. The molecule has 0 radical (unpaired) electrons. The number of aromatic nitrogens is 3. The van der Waals surface area contributed by atoms with E-state index in [-0.39, 0.29) is 18.1 Å². The van der Waals surface area contributed by atoms with Gasteiger partial charge in [-0.3, -0.25) is 4.99 Å². The highest BCUT2D eigenvalue weighted by atomic mass is 19.4. The highest BCUT2D eigenvalue weighted by Crippen LogP contribution is 2.31. The van der Waals surface area contributed by atoms with E-state index < -0.39 is 24.3 Å². The van der Waals surface area contributed by atoms with Crippen molar-refractivity contribution in [2.45, 2.75) is 31.0 Å². The Bertz CT molecular complexity index is 1610. The van der Waals surface area contributed by atoms with Gasteiger partial charge in [0.25, 0.3) is 0 Å². The number of halogens is 3. The second kappa shape index (κ2) is 12.0. The number of carbonyl (C=O) groups excluding carboxylic acids is 2. The van der Waals surface area contributed by atoms with Crippen molar-refractivity contribution in [1.29, 1.82) is 5.26 Å². The van der Waals surface area contributed by atoms with Crippen molar-refractivity contribution < 1.29 is 22.8 Å². The summed E-state index contributed by atoms with van der Waals surface area (Å²) in [5.74, 6) is 0.566. The van der Waals surface area contributed by atoms with Crippen molar-refractivity contribution in [3.05, 3.63) is 54.5 Å². The third-order valence-corrected chi connectivity index (χ3v) is 7.12. The Morgan fingerprint density at radius 3 is 2.70 bits per heavy atom. The highest BCUT2D eigenvalue weighted by Gasteiger charge is 2.45. The van der Waals surface area contributed by atoms with Gasteiger partial charge in [-0.05, 0) is 37.0 Å². The van der Waals surface area contributed by atoms with E-state index in [1.807, 2.05) is 0 Å². The number of nitrogens with zero attached hydrogens (tertiary/aromatic N) is 6. The van der Waals surface area contributed by atoms with Crippen molar-refractivity contribution in [1.82, 2.24) is 30.1 Å². The minimum Gasteiger partial charge on any atom is -0.404 e. The molecule has 3 aromatic rings. The van der Waals surface area contributed by atoms with Gasteiger partial charge in [0, 0.05) is 41.3 Å². The number of anilines is 1. The monoisotopic (exact) mass is 594 g/mol. The van der Waals surface area contributed by atoms with Crippen molar-refractivity contribution >= 4 is 35.2 Å². The third kappa shape index (κ3) is 7.21. The summed E-state index contributed by atoms with van der Waals surface area (Å²) in [5, 5.41) is 20.9. The summed E-state index contributed by atoms with van der Waals surface area (Å²) in [6, 6.07) is 9.30. The molecule has 15 heteroatoms. The van der Waals surface area contributed by atoms with E-state index >= 15 is 0 Å². The number of urea groups is 2. The minimum absolute atomic E-state index is 0.145. The van der Waals surface area contributed by atoms with Crippen LogP contribution in [0, 0.1) is 17.2 Å². The standard InChI is InChI=1S/C28H29F3N10O2/c29-28(30,31)15-36-25(42)39-22-3-1-2-19(8-22)23-14-34-24-9-20(13-38-41(23)24)21(10-33)12-37-27(6-7-32)16-40(17-27)26(43)35-11-18-4-5-18/h1-3,8-10,12-14,18H,4-6,11,15-17,33H2,(H,35,43)(H2,36,39,42). The van der Waals surface area contributed by atoms with Gasteiger partial charge in [0.1, 0.15) is 12.1 Å². The molecule has 2 aliphatic rings. The van der Waals surface area contributed by atoms with Crippen LogP contribution < -0.4 is 21.7 Å². The number of alkyl halides is 3. The number of fused-ring (bicyclic) bond motifs is 1. The van der Waals surface area contributed by atoms with Gasteiger partial charge in [-0.2, -0.15) is 23.5 Å². The fourth-order valence-electron chi connectivity index (χ4n) is 4.62. The summed E-state index contributed by atoms with van der Waals surface area (Å²) in [7, 11) is 0. The van der Waals surface area contributed by atoms with E-state index in [0.29, 0.717) is 53.6 Å². The summed E-state index contributed by atoms with van der Waals surface area (Å²) in [6.45, 7) is -0.134. The summed E-state index contributed by atoms with van der Waals surface area (Å²) < 4.78 is 38.7. The van der Waals surface area contributed by atoms with E-state index in [2.05, 4.69) is 31.8 Å². The molecule has 1 aliphatic carbocycles. The van der Waals surface area contributed by atoms with Crippen LogP contribution in [0.4, 0.5) is 28.4 Å². The number of allylic oxidation sites excluding steroid dienone is 1. The number of hydrogen-bond donors (Lipinski definition) is 4. The first-order valence-electron chi connectivity index (χ1n) is 13.5. The Morgan fingerprint density at radius 1 is 1.21 bits per heavy atom. The van der Waals surface area contributed by atoms with Crippen molar-refractivity contribution in [2.24, 2.45) is 16.6 Å². The Hall–Kier alpha value is -5.13. The summed E-state index contributed by atoms with van der Waals surface area (Å²) in [6.07, 6.45) is 4.00. The van der Waals surface area contributed by atoms with E-state index in [9.17, 15) is 28.0 Å². The quantitative estimate of drug-likeness (QED) is 0.277. The molecular formula is C28H29F3N10O2.